The van der Waals surface area contributed by atoms with Gasteiger partial charge < -0.3 is 19.7 Å². The van der Waals surface area contributed by atoms with Crippen LogP contribution in [0.2, 0.25) is 0 Å². The second-order valence-corrected chi connectivity index (χ2v) is 8.26. The zero-order chi connectivity index (χ0) is 21.3. The smallest absolute Gasteiger partial charge is 0.327 e. The molecular weight excluding hydrogens is 386 g/mol. The molecule has 1 aromatic carbocycles. The lowest BCUT2D eigenvalue weighted by Gasteiger charge is -2.28. The predicted molar refractivity (Wildman–Crippen MR) is 105 cm³/mol. The van der Waals surface area contributed by atoms with Gasteiger partial charge in [-0.25, -0.2) is 4.79 Å². The Morgan fingerprint density at radius 2 is 1.83 bits per heavy atom. The van der Waals surface area contributed by atoms with Crippen LogP contribution in [0.15, 0.2) is 24.3 Å². The summed E-state index contributed by atoms with van der Waals surface area (Å²) >= 11 is 0. The molecule has 160 valence electrons. The largest absolute Gasteiger partial charge is 0.548 e. The molecule has 0 aliphatic carbocycles. The number of fused-ring (bicyclic) bond motifs is 2. The Morgan fingerprint density at radius 1 is 1.07 bits per heavy atom. The molecule has 30 heavy (non-hydrogen) atoms. The third-order valence-electron chi connectivity index (χ3n) is 6.39. The van der Waals surface area contributed by atoms with E-state index in [1.54, 1.807) is 4.90 Å². The Bertz CT molecular complexity index is 827. The van der Waals surface area contributed by atoms with Gasteiger partial charge in [-0.1, -0.05) is 30.7 Å². The van der Waals surface area contributed by atoms with Gasteiger partial charge in [0, 0.05) is 32.5 Å². The lowest BCUT2D eigenvalue weighted by Crippen LogP contribution is -2.46. The number of hydrogen-bond acceptors (Lipinski definition) is 5. The first-order chi connectivity index (χ1) is 14.5. The Hall–Kier alpha value is -2.90. The molecule has 2 atom stereocenters. The van der Waals surface area contributed by atoms with Gasteiger partial charge >= 0.3 is 6.03 Å². The highest BCUT2D eigenvalue weighted by Gasteiger charge is 2.46. The van der Waals surface area contributed by atoms with Crippen LogP contribution in [-0.2, 0) is 27.3 Å². The van der Waals surface area contributed by atoms with Crippen LogP contribution in [0.1, 0.15) is 49.7 Å². The number of carboxylic acid groups (broad SMARTS) is 1. The fourth-order valence-electron chi connectivity index (χ4n) is 4.76. The molecule has 0 radical (unpaired) electrons. The Labute approximate surface area is 175 Å². The summed E-state index contributed by atoms with van der Waals surface area (Å²) in [5.74, 6) is -1.49. The SMILES string of the molecule is O=C([O-])[C@H]1CCCN1C(=O)CCCCCN1C(=O)[C@@H]2Cc3ccccc3CN2C1=O. The van der Waals surface area contributed by atoms with E-state index < -0.39 is 18.1 Å². The number of unbranched alkanes of at least 4 members (excludes halogenated alkanes) is 2. The van der Waals surface area contributed by atoms with E-state index in [0.29, 0.717) is 58.2 Å². The third kappa shape index (κ3) is 3.78. The fraction of sp³-hybridized carbons (Fsp3) is 0.545. The maximum atomic E-state index is 12.7. The van der Waals surface area contributed by atoms with Crippen LogP contribution in [0.3, 0.4) is 0 Å². The normalized spacial score (nSPS) is 23.0. The van der Waals surface area contributed by atoms with E-state index in [1.165, 1.54) is 9.80 Å². The molecule has 0 bridgehead atoms. The Kier molecular flexibility index (Phi) is 5.74. The Balaban J connectivity index is 1.23. The van der Waals surface area contributed by atoms with E-state index in [0.717, 1.165) is 11.1 Å². The van der Waals surface area contributed by atoms with Crippen LogP contribution < -0.4 is 5.11 Å². The van der Waals surface area contributed by atoms with Gasteiger partial charge in [-0.15, -0.1) is 0 Å². The number of carbonyl (C=O) groups excluding carboxylic acids is 4. The number of rotatable bonds is 7. The quantitative estimate of drug-likeness (QED) is 0.484. The highest BCUT2D eigenvalue weighted by atomic mass is 16.4. The van der Waals surface area contributed by atoms with Crippen molar-refractivity contribution in [1.29, 1.82) is 0 Å². The van der Waals surface area contributed by atoms with Gasteiger partial charge in [-0.2, -0.15) is 0 Å². The molecule has 0 N–H and O–H groups in total. The summed E-state index contributed by atoms with van der Waals surface area (Å²) in [6.45, 7) is 1.28. The second-order valence-electron chi connectivity index (χ2n) is 8.26. The molecule has 3 aliphatic rings. The van der Waals surface area contributed by atoms with Gasteiger partial charge in [0.15, 0.2) is 0 Å². The van der Waals surface area contributed by atoms with Gasteiger partial charge in [-0.05, 0) is 36.8 Å². The summed E-state index contributed by atoms with van der Waals surface area (Å²) in [5, 5.41) is 11.1. The van der Waals surface area contributed by atoms with Crippen LogP contribution in [0.25, 0.3) is 0 Å². The molecule has 3 heterocycles. The number of urea groups is 1. The average molecular weight is 412 g/mol. The molecule has 4 rings (SSSR count). The minimum absolute atomic E-state index is 0.139. The maximum Gasteiger partial charge on any atom is 0.327 e. The molecule has 0 aromatic heterocycles. The number of likely N-dealkylation sites (tertiary alicyclic amines) is 1. The standard InChI is InChI=1S/C22H27N3O5/c26-19(23-12-6-9-17(23)21(28)29)10-2-1-5-11-24-20(27)18-13-15-7-3-4-8-16(15)14-25(18)22(24)30/h3-4,7-8,17-18H,1-2,5-6,9-14H2,(H,28,29)/p-1/t17-,18+/m1/s1. The fourth-order valence-corrected chi connectivity index (χ4v) is 4.76. The van der Waals surface area contributed by atoms with Crippen LogP contribution in [0.4, 0.5) is 4.79 Å². The van der Waals surface area contributed by atoms with Crippen molar-refractivity contribution in [2.45, 2.75) is 63.6 Å². The summed E-state index contributed by atoms with van der Waals surface area (Å²) in [6.07, 6.45) is 3.89. The van der Waals surface area contributed by atoms with E-state index in [2.05, 4.69) is 0 Å². The summed E-state index contributed by atoms with van der Waals surface area (Å²) < 4.78 is 0. The van der Waals surface area contributed by atoms with Gasteiger partial charge in [0.1, 0.15) is 6.04 Å². The third-order valence-corrected chi connectivity index (χ3v) is 6.39. The molecule has 2 saturated heterocycles. The van der Waals surface area contributed by atoms with E-state index >= 15 is 0 Å². The minimum Gasteiger partial charge on any atom is -0.548 e. The minimum atomic E-state index is -1.19. The summed E-state index contributed by atoms with van der Waals surface area (Å²) in [5.41, 5.74) is 2.21. The van der Waals surface area contributed by atoms with E-state index in [1.807, 2.05) is 24.3 Å². The van der Waals surface area contributed by atoms with Crippen molar-refractivity contribution in [3.63, 3.8) is 0 Å². The molecule has 3 aliphatic heterocycles. The number of carbonyl (C=O) groups is 4. The lowest BCUT2D eigenvalue weighted by molar-refractivity contribution is -0.310. The molecule has 8 nitrogen and oxygen atoms in total. The van der Waals surface area contributed by atoms with E-state index in [-0.39, 0.29) is 24.3 Å². The molecule has 0 saturated carbocycles. The highest BCUT2D eigenvalue weighted by Crippen LogP contribution is 2.30. The van der Waals surface area contributed by atoms with Crippen molar-refractivity contribution in [3.8, 4) is 0 Å². The topological polar surface area (TPSA) is 101 Å². The molecule has 0 spiro atoms. The van der Waals surface area contributed by atoms with Crippen LogP contribution >= 0.6 is 0 Å². The van der Waals surface area contributed by atoms with Gasteiger partial charge in [0.25, 0.3) is 5.91 Å². The van der Waals surface area contributed by atoms with Crippen LogP contribution in [-0.4, -0.2) is 63.7 Å². The van der Waals surface area contributed by atoms with E-state index in [4.69, 9.17) is 0 Å². The van der Waals surface area contributed by atoms with E-state index in [9.17, 15) is 24.3 Å². The van der Waals surface area contributed by atoms with Crippen molar-refractivity contribution < 1.29 is 24.3 Å². The molecule has 2 fully saturated rings. The van der Waals surface area contributed by atoms with Gasteiger partial charge in [0.2, 0.25) is 5.91 Å². The summed E-state index contributed by atoms with van der Waals surface area (Å²) in [4.78, 5) is 53.2. The molecule has 0 unspecified atom stereocenters. The number of hydrogen-bond donors (Lipinski definition) is 0. The summed E-state index contributed by atoms with van der Waals surface area (Å²) in [7, 11) is 0. The average Bonchev–Trinajstić information content (AvgIpc) is 3.32. The number of amides is 4. The van der Waals surface area contributed by atoms with Crippen molar-refractivity contribution in [3.05, 3.63) is 35.4 Å². The molecule has 4 amide bonds. The second kappa shape index (κ2) is 8.45. The van der Waals surface area contributed by atoms with Crippen molar-refractivity contribution in [1.82, 2.24) is 14.7 Å². The zero-order valence-corrected chi connectivity index (χ0v) is 16.9. The molecule has 1 aromatic rings. The molecule has 8 heteroatoms. The first-order valence-corrected chi connectivity index (χ1v) is 10.7. The number of aliphatic carboxylic acids is 1. The lowest BCUT2D eigenvalue weighted by atomic mass is 9.95. The zero-order valence-electron chi connectivity index (χ0n) is 16.9. The number of benzene rings is 1. The van der Waals surface area contributed by atoms with Crippen molar-refractivity contribution in [2.24, 2.45) is 0 Å². The first kappa shape index (κ1) is 20.4. The van der Waals surface area contributed by atoms with Gasteiger partial charge in [0.05, 0.1) is 12.0 Å². The monoisotopic (exact) mass is 412 g/mol. The number of carboxylic acids is 1. The number of nitrogens with zero attached hydrogens (tertiary/aromatic N) is 3. The first-order valence-electron chi connectivity index (χ1n) is 10.7. The van der Waals surface area contributed by atoms with Crippen molar-refractivity contribution >= 4 is 23.8 Å². The maximum absolute atomic E-state index is 12.7. The van der Waals surface area contributed by atoms with Gasteiger partial charge in [-0.3, -0.25) is 14.5 Å². The summed E-state index contributed by atoms with van der Waals surface area (Å²) in [6, 6.07) is 6.45. The predicted octanol–water partition coefficient (Wildman–Crippen LogP) is 0.677. The van der Waals surface area contributed by atoms with Crippen LogP contribution in [0, 0.1) is 0 Å². The Morgan fingerprint density at radius 3 is 2.60 bits per heavy atom. The van der Waals surface area contributed by atoms with Crippen molar-refractivity contribution in [2.75, 3.05) is 13.1 Å². The number of imide groups is 1. The van der Waals surface area contributed by atoms with Crippen LogP contribution in [0.5, 0.6) is 0 Å². The molecular formula is C22H26N3O5-. The highest BCUT2D eigenvalue weighted by molar-refractivity contribution is 6.04.